The molecule has 7 nitrogen and oxygen atoms in total. The van der Waals surface area contributed by atoms with Crippen LogP contribution >= 0.6 is 15.6 Å². The fourth-order valence-electron chi connectivity index (χ4n) is 2.06. The van der Waals surface area contributed by atoms with E-state index < -0.39 is 15.6 Å². The van der Waals surface area contributed by atoms with Crippen LogP contribution in [0.4, 0.5) is 5.69 Å². The second-order valence-electron chi connectivity index (χ2n) is 4.77. The Balaban J connectivity index is 3.12. The van der Waals surface area contributed by atoms with E-state index in [1.807, 2.05) is 32.9 Å². The summed E-state index contributed by atoms with van der Waals surface area (Å²) in [6.07, 6.45) is 0. The van der Waals surface area contributed by atoms with Gasteiger partial charge in [0.05, 0.1) is 13.2 Å². The van der Waals surface area contributed by atoms with Crippen molar-refractivity contribution in [2.45, 2.75) is 34.6 Å². The van der Waals surface area contributed by atoms with E-state index in [4.69, 9.17) is 8.83 Å². The Morgan fingerprint density at radius 1 is 1.05 bits per heavy atom. The molecule has 0 aliphatic heterocycles. The molecular formula is C13H23NO6P2. The average molecular weight is 351 g/mol. The molecule has 0 amide bonds. The van der Waals surface area contributed by atoms with Gasteiger partial charge < -0.3 is 4.89 Å². The van der Waals surface area contributed by atoms with E-state index in [2.05, 4.69) is 9.61 Å². The Bertz CT molecular complexity index is 596. The van der Waals surface area contributed by atoms with Crippen molar-refractivity contribution in [3.8, 4) is 0 Å². The van der Waals surface area contributed by atoms with Crippen molar-refractivity contribution < 1.29 is 27.4 Å². The summed E-state index contributed by atoms with van der Waals surface area (Å²) < 4.78 is 38.8. The number of hydrogen-bond donors (Lipinski definition) is 2. The molecule has 0 fully saturated rings. The second kappa shape index (κ2) is 7.73. The minimum Gasteiger partial charge on any atom is -0.302 e. The van der Waals surface area contributed by atoms with Gasteiger partial charge in [-0.1, -0.05) is 17.7 Å². The van der Waals surface area contributed by atoms with E-state index in [1.54, 1.807) is 6.92 Å². The highest BCUT2D eigenvalue weighted by molar-refractivity contribution is 7.65. The average Bonchev–Trinajstić information content (AvgIpc) is 2.33. The SMILES string of the molecule is CCOP(=O)(O)OP(=O)(Nc1c(C)cc(C)cc1C)OCC. The Morgan fingerprint density at radius 2 is 1.55 bits per heavy atom. The largest absolute Gasteiger partial charge is 0.480 e. The van der Waals surface area contributed by atoms with Crippen LogP contribution in [0.3, 0.4) is 0 Å². The van der Waals surface area contributed by atoms with E-state index in [0.717, 1.165) is 16.7 Å². The first kappa shape index (κ1) is 19.4. The van der Waals surface area contributed by atoms with Gasteiger partial charge in [0.15, 0.2) is 0 Å². The zero-order valence-electron chi connectivity index (χ0n) is 13.5. The first-order valence-corrected chi connectivity index (χ1v) is 9.95. The second-order valence-corrected chi connectivity index (χ2v) is 8.09. The predicted molar refractivity (Wildman–Crippen MR) is 86.0 cm³/mol. The van der Waals surface area contributed by atoms with Crippen LogP contribution in [-0.4, -0.2) is 18.1 Å². The fraction of sp³-hybridized carbons (Fsp3) is 0.538. The minimum absolute atomic E-state index is 0.0420. The van der Waals surface area contributed by atoms with E-state index >= 15 is 0 Å². The first-order valence-electron chi connectivity index (χ1n) is 6.92. The molecule has 0 saturated heterocycles. The van der Waals surface area contributed by atoms with Crippen molar-refractivity contribution in [1.82, 2.24) is 0 Å². The van der Waals surface area contributed by atoms with Crippen LogP contribution in [0.25, 0.3) is 0 Å². The lowest BCUT2D eigenvalue weighted by atomic mass is 10.1. The lowest BCUT2D eigenvalue weighted by Crippen LogP contribution is -2.07. The smallest absolute Gasteiger partial charge is 0.302 e. The molecule has 9 heteroatoms. The molecule has 0 spiro atoms. The number of hydrogen-bond acceptors (Lipinski definition) is 5. The van der Waals surface area contributed by atoms with Crippen LogP contribution in [0.2, 0.25) is 0 Å². The molecule has 1 rings (SSSR count). The quantitative estimate of drug-likeness (QED) is 0.674. The summed E-state index contributed by atoms with van der Waals surface area (Å²) in [6, 6.07) is 3.79. The zero-order chi connectivity index (χ0) is 17.0. The monoisotopic (exact) mass is 351 g/mol. The molecule has 0 radical (unpaired) electrons. The maximum Gasteiger partial charge on any atom is 0.480 e. The highest BCUT2D eigenvalue weighted by atomic mass is 31.3. The van der Waals surface area contributed by atoms with Crippen LogP contribution < -0.4 is 5.09 Å². The van der Waals surface area contributed by atoms with Crippen molar-refractivity contribution in [3.63, 3.8) is 0 Å². The number of anilines is 1. The number of rotatable bonds is 8. The lowest BCUT2D eigenvalue weighted by molar-refractivity contribution is 0.193. The fourth-order valence-corrected chi connectivity index (χ4v) is 5.05. The molecule has 0 saturated carbocycles. The Kier molecular flexibility index (Phi) is 6.81. The summed E-state index contributed by atoms with van der Waals surface area (Å²) in [4.78, 5) is 9.56. The van der Waals surface area contributed by atoms with Crippen LogP contribution in [0.1, 0.15) is 30.5 Å². The summed E-state index contributed by atoms with van der Waals surface area (Å²) >= 11 is 0. The van der Waals surface area contributed by atoms with Gasteiger partial charge in [0, 0.05) is 5.69 Å². The van der Waals surface area contributed by atoms with Crippen molar-refractivity contribution in [2.75, 3.05) is 18.3 Å². The third kappa shape index (κ3) is 5.51. The van der Waals surface area contributed by atoms with Gasteiger partial charge in [0.1, 0.15) is 0 Å². The summed E-state index contributed by atoms with van der Waals surface area (Å²) in [6.45, 7) is 8.73. The maximum atomic E-state index is 12.7. The Labute approximate surface area is 131 Å². The van der Waals surface area contributed by atoms with E-state index in [-0.39, 0.29) is 13.2 Å². The van der Waals surface area contributed by atoms with Crippen LogP contribution in [-0.2, 0) is 22.5 Å². The van der Waals surface area contributed by atoms with Gasteiger partial charge >= 0.3 is 15.6 Å². The van der Waals surface area contributed by atoms with Crippen molar-refractivity contribution in [1.29, 1.82) is 0 Å². The number of phosphoric ester groups is 1. The standard InChI is InChI=1S/C13H23NO6P2/c1-6-18-21(15,20-22(16,17)19-7-2)14-13-11(4)8-10(3)9-12(13)5/h8-9H,6-7H2,1-5H3,(H,14,15)(H,16,17). The highest BCUT2D eigenvalue weighted by Gasteiger charge is 2.37. The van der Waals surface area contributed by atoms with Gasteiger partial charge in [-0.2, -0.15) is 4.31 Å². The molecule has 2 atom stereocenters. The highest BCUT2D eigenvalue weighted by Crippen LogP contribution is 2.62. The Hall–Kier alpha value is -0.680. The maximum absolute atomic E-state index is 12.7. The molecular weight excluding hydrogens is 328 g/mol. The van der Waals surface area contributed by atoms with E-state index in [9.17, 15) is 14.0 Å². The molecule has 1 aromatic carbocycles. The van der Waals surface area contributed by atoms with Gasteiger partial charge in [0.25, 0.3) is 0 Å². The molecule has 1 aromatic rings. The molecule has 0 aromatic heterocycles. The minimum atomic E-state index is -4.47. The van der Waals surface area contributed by atoms with Crippen molar-refractivity contribution >= 4 is 21.3 Å². The van der Waals surface area contributed by atoms with Gasteiger partial charge in [-0.25, -0.2) is 9.13 Å². The van der Waals surface area contributed by atoms with Gasteiger partial charge in [-0.05, 0) is 45.7 Å². The summed E-state index contributed by atoms with van der Waals surface area (Å²) in [5.74, 6) is 0. The molecule has 2 N–H and O–H groups in total. The molecule has 0 bridgehead atoms. The first-order chi connectivity index (χ1) is 10.1. The van der Waals surface area contributed by atoms with Crippen LogP contribution in [0.5, 0.6) is 0 Å². The van der Waals surface area contributed by atoms with E-state index in [1.165, 1.54) is 6.92 Å². The number of phosphoric acid groups is 1. The molecule has 22 heavy (non-hydrogen) atoms. The zero-order valence-corrected chi connectivity index (χ0v) is 15.2. The normalized spacial score (nSPS) is 16.8. The molecule has 2 unspecified atom stereocenters. The summed E-state index contributed by atoms with van der Waals surface area (Å²) in [5.41, 5.74) is 3.24. The van der Waals surface area contributed by atoms with Crippen LogP contribution in [0, 0.1) is 20.8 Å². The molecule has 0 aliphatic carbocycles. The third-order valence-electron chi connectivity index (χ3n) is 2.73. The lowest BCUT2D eigenvalue weighted by Gasteiger charge is -2.23. The topological polar surface area (TPSA) is 94.1 Å². The van der Waals surface area contributed by atoms with Crippen molar-refractivity contribution in [2.24, 2.45) is 0 Å². The molecule has 0 heterocycles. The van der Waals surface area contributed by atoms with Gasteiger partial charge in [-0.3, -0.25) is 14.1 Å². The molecule has 126 valence electrons. The van der Waals surface area contributed by atoms with Crippen LogP contribution in [0.15, 0.2) is 12.1 Å². The predicted octanol–water partition coefficient (Wildman–Crippen LogP) is 4.32. The number of aryl methyl sites for hydroxylation is 3. The van der Waals surface area contributed by atoms with Gasteiger partial charge in [0.2, 0.25) is 0 Å². The summed E-state index contributed by atoms with van der Waals surface area (Å²) in [7, 11) is -8.52. The molecule has 0 aliphatic rings. The third-order valence-corrected chi connectivity index (χ3v) is 6.09. The summed E-state index contributed by atoms with van der Waals surface area (Å²) in [5, 5.41) is 2.63. The van der Waals surface area contributed by atoms with Crippen molar-refractivity contribution in [3.05, 3.63) is 28.8 Å². The van der Waals surface area contributed by atoms with E-state index in [0.29, 0.717) is 5.69 Å². The van der Waals surface area contributed by atoms with Gasteiger partial charge in [-0.15, -0.1) is 0 Å². The number of nitrogens with one attached hydrogen (secondary N) is 1. The number of benzene rings is 1. The Morgan fingerprint density at radius 3 is 2.00 bits per heavy atom.